The highest BCUT2D eigenvalue weighted by molar-refractivity contribution is 5.76. The Balaban J connectivity index is 2.06. The first-order valence-corrected chi connectivity index (χ1v) is 9.83. The van der Waals surface area contributed by atoms with E-state index in [-0.39, 0.29) is 5.41 Å². The van der Waals surface area contributed by atoms with E-state index in [2.05, 4.69) is 119 Å². The van der Waals surface area contributed by atoms with Crippen LogP contribution in [0.5, 0.6) is 0 Å². The second kappa shape index (κ2) is 7.60. The molecule has 0 spiro atoms. The van der Waals surface area contributed by atoms with Crippen LogP contribution in [-0.4, -0.2) is 0 Å². The van der Waals surface area contributed by atoms with Gasteiger partial charge in [-0.15, -0.1) is 0 Å². The summed E-state index contributed by atoms with van der Waals surface area (Å²) >= 11 is 0. The molecule has 0 aliphatic carbocycles. The largest absolute Gasteiger partial charge is 0.311 e. The molecular weight excluding hydrogens is 326 g/mol. The molecule has 0 aromatic heterocycles. The molecule has 0 aliphatic heterocycles. The van der Waals surface area contributed by atoms with Gasteiger partial charge in [0.05, 0.1) is 0 Å². The minimum absolute atomic E-state index is 0.159. The van der Waals surface area contributed by atoms with Gasteiger partial charge in [0.1, 0.15) is 0 Å². The van der Waals surface area contributed by atoms with E-state index in [0.29, 0.717) is 5.92 Å². The lowest BCUT2D eigenvalue weighted by atomic mass is 9.87. The minimum Gasteiger partial charge on any atom is -0.311 e. The van der Waals surface area contributed by atoms with Crippen molar-refractivity contribution in [1.82, 2.24) is 0 Å². The smallest absolute Gasteiger partial charge is 0.0461 e. The molecule has 0 unspecified atom stereocenters. The van der Waals surface area contributed by atoms with Gasteiger partial charge < -0.3 is 4.90 Å². The summed E-state index contributed by atoms with van der Waals surface area (Å²) < 4.78 is 0. The fraction of sp³-hybridized carbons (Fsp3) is 0.308. The van der Waals surface area contributed by atoms with Gasteiger partial charge in [-0.05, 0) is 65.8 Å². The number of nitrogens with zero attached hydrogens (tertiary/aromatic N) is 1. The molecule has 0 saturated carbocycles. The lowest BCUT2D eigenvalue weighted by molar-refractivity contribution is 0.590. The van der Waals surface area contributed by atoms with Crippen molar-refractivity contribution in [1.29, 1.82) is 0 Å². The van der Waals surface area contributed by atoms with Gasteiger partial charge >= 0.3 is 0 Å². The molecule has 140 valence electrons. The summed E-state index contributed by atoms with van der Waals surface area (Å²) in [5, 5.41) is 0. The minimum atomic E-state index is 0.159. The van der Waals surface area contributed by atoms with Gasteiger partial charge in [-0.1, -0.05) is 76.6 Å². The van der Waals surface area contributed by atoms with Crippen LogP contribution >= 0.6 is 0 Å². The molecule has 3 aromatic rings. The van der Waals surface area contributed by atoms with Crippen LogP contribution in [0.15, 0.2) is 72.8 Å². The number of hydrogen-bond donors (Lipinski definition) is 0. The number of anilines is 3. The monoisotopic (exact) mass is 357 g/mol. The maximum Gasteiger partial charge on any atom is 0.0461 e. The average Bonchev–Trinajstić information content (AvgIpc) is 2.64. The molecule has 0 atom stereocenters. The Hall–Kier alpha value is -2.54. The Kier molecular flexibility index (Phi) is 5.41. The van der Waals surface area contributed by atoms with E-state index >= 15 is 0 Å². The van der Waals surface area contributed by atoms with E-state index in [4.69, 9.17) is 0 Å². The zero-order valence-corrected chi connectivity index (χ0v) is 17.5. The van der Waals surface area contributed by atoms with E-state index in [0.717, 1.165) is 0 Å². The second-order valence-electron chi connectivity index (χ2n) is 8.71. The Morgan fingerprint density at radius 1 is 0.630 bits per heavy atom. The van der Waals surface area contributed by atoms with Crippen LogP contribution in [0.2, 0.25) is 0 Å². The lowest BCUT2D eigenvalue weighted by Crippen LogP contribution is -2.13. The first-order chi connectivity index (χ1) is 12.8. The van der Waals surface area contributed by atoms with E-state index in [1.165, 1.54) is 33.8 Å². The first kappa shape index (κ1) is 19.2. The highest BCUT2D eigenvalue weighted by atomic mass is 15.1. The van der Waals surface area contributed by atoms with Crippen LogP contribution in [-0.2, 0) is 5.41 Å². The van der Waals surface area contributed by atoms with Crippen LogP contribution in [0.4, 0.5) is 17.1 Å². The van der Waals surface area contributed by atoms with Crippen molar-refractivity contribution in [2.45, 2.75) is 52.9 Å². The van der Waals surface area contributed by atoms with Gasteiger partial charge in [0.15, 0.2) is 0 Å². The summed E-state index contributed by atoms with van der Waals surface area (Å²) in [7, 11) is 0. The van der Waals surface area contributed by atoms with Crippen molar-refractivity contribution in [2.75, 3.05) is 4.90 Å². The fourth-order valence-electron chi connectivity index (χ4n) is 3.26. The molecule has 3 aromatic carbocycles. The van der Waals surface area contributed by atoms with Gasteiger partial charge in [-0.25, -0.2) is 0 Å². The average molecular weight is 358 g/mol. The van der Waals surface area contributed by atoms with E-state index in [1.807, 2.05) is 0 Å². The maximum absolute atomic E-state index is 2.33. The highest BCUT2D eigenvalue weighted by Gasteiger charge is 2.16. The lowest BCUT2D eigenvalue weighted by Gasteiger charge is -2.27. The summed E-state index contributed by atoms with van der Waals surface area (Å²) in [6.07, 6.45) is 0. The van der Waals surface area contributed by atoms with E-state index < -0.39 is 0 Å². The van der Waals surface area contributed by atoms with Gasteiger partial charge in [0.2, 0.25) is 0 Å². The Bertz CT molecular complexity index is 863. The SMILES string of the molecule is Cc1ccc(N(c2ccc(C(C)C)cc2)c2ccc(C(C)(C)C)cc2)cc1. The van der Waals surface area contributed by atoms with Crippen LogP contribution in [0.25, 0.3) is 0 Å². The molecule has 0 aliphatic rings. The maximum atomic E-state index is 2.33. The van der Waals surface area contributed by atoms with Crippen LogP contribution < -0.4 is 4.90 Å². The Morgan fingerprint density at radius 2 is 1.04 bits per heavy atom. The van der Waals surface area contributed by atoms with Gasteiger partial charge in [-0.3, -0.25) is 0 Å². The molecule has 0 bridgehead atoms. The number of benzene rings is 3. The van der Waals surface area contributed by atoms with Crippen LogP contribution in [0.3, 0.4) is 0 Å². The molecule has 0 radical (unpaired) electrons. The van der Waals surface area contributed by atoms with Crippen molar-refractivity contribution < 1.29 is 0 Å². The van der Waals surface area contributed by atoms with Gasteiger partial charge in [0, 0.05) is 17.1 Å². The normalized spacial score (nSPS) is 11.7. The summed E-state index contributed by atoms with van der Waals surface area (Å²) in [6.45, 7) is 13.4. The molecule has 0 N–H and O–H groups in total. The van der Waals surface area contributed by atoms with E-state index in [9.17, 15) is 0 Å². The highest BCUT2D eigenvalue weighted by Crippen LogP contribution is 2.36. The summed E-state index contributed by atoms with van der Waals surface area (Å²) in [5.41, 5.74) is 7.71. The molecule has 0 amide bonds. The standard InChI is InChI=1S/C26H31N/c1-19(2)21-9-15-24(16-10-21)27(23-13-7-20(3)8-14-23)25-17-11-22(12-18-25)26(4,5)6/h7-19H,1-6H3. The summed E-state index contributed by atoms with van der Waals surface area (Å²) in [6, 6.07) is 26.6. The zero-order chi connectivity index (χ0) is 19.6. The van der Waals surface area contributed by atoms with Gasteiger partial charge in [0.25, 0.3) is 0 Å². The number of aryl methyl sites for hydroxylation is 1. The Labute approximate surface area is 164 Å². The van der Waals surface area contributed by atoms with Crippen molar-refractivity contribution >= 4 is 17.1 Å². The molecule has 1 nitrogen and oxygen atoms in total. The quantitative estimate of drug-likeness (QED) is 0.459. The molecule has 0 fully saturated rings. The van der Waals surface area contributed by atoms with E-state index in [1.54, 1.807) is 0 Å². The second-order valence-corrected chi connectivity index (χ2v) is 8.71. The molecule has 0 saturated heterocycles. The topological polar surface area (TPSA) is 3.24 Å². The molecular formula is C26H31N. The number of hydrogen-bond acceptors (Lipinski definition) is 1. The third-order valence-corrected chi connectivity index (χ3v) is 5.10. The first-order valence-electron chi connectivity index (χ1n) is 9.83. The zero-order valence-electron chi connectivity index (χ0n) is 17.5. The third-order valence-electron chi connectivity index (χ3n) is 5.10. The predicted molar refractivity (Wildman–Crippen MR) is 119 cm³/mol. The summed E-state index contributed by atoms with van der Waals surface area (Å²) in [5.74, 6) is 0.540. The predicted octanol–water partition coefficient (Wildman–Crippen LogP) is 7.89. The van der Waals surface area contributed by atoms with Crippen LogP contribution in [0, 0.1) is 6.92 Å². The van der Waals surface area contributed by atoms with Gasteiger partial charge in [-0.2, -0.15) is 0 Å². The van der Waals surface area contributed by atoms with Crippen molar-refractivity contribution in [3.8, 4) is 0 Å². The summed E-state index contributed by atoms with van der Waals surface area (Å²) in [4.78, 5) is 2.33. The Morgan fingerprint density at radius 3 is 1.44 bits per heavy atom. The number of rotatable bonds is 4. The third kappa shape index (κ3) is 4.42. The van der Waals surface area contributed by atoms with Crippen molar-refractivity contribution in [3.05, 3.63) is 89.5 Å². The molecule has 1 heteroatoms. The fourth-order valence-corrected chi connectivity index (χ4v) is 3.26. The van der Waals surface area contributed by atoms with Crippen LogP contribution in [0.1, 0.15) is 57.2 Å². The molecule has 3 rings (SSSR count). The molecule has 0 heterocycles. The molecule has 27 heavy (non-hydrogen) atoms. The van der Waals surface area contributed by atoms with Crippen molar-refractivity contribution in [2.24, 2.45) is 0 Å². The van der Waals surface area contributed by atoms with Crippen molar-refractivity contribution in [3.63, 3.8) is 0 Å².